The monoisotopic (exact) mass is 438 g/mol. The summed E-state index contributed by atoms with van der Waals surface area (Å²) in [5.41, 5.74) is 7.05. The molecule has 1 amide bonds. The largest absolute Gasteiger partial charge is 0.489 e. The molecule has 7 heteroatoms. The van der Waals surface area contributed by atoms with E-state index in [0.29, 0.717) is 17.7 Å². The van der Waals surface area contributed by atoms with Crippen molar-refractivity contribution in [3.63, 3.8) is 0 Å². The summed E-state index contributed by atoms with van der Waals surface area (Å²) in [5, 5.41) is 3.31. The molecule has 1 aromatic carbocycles. The molecule has 3 aliphatic rings. The third kappa shape index (κ3) is 4.51. The predicted molar refractivity (Wildman–Crippen MR) is 117 cm³/mol. The van der Waals surface area contributed by atoms with E-state index in [-0.39, 0.29) is 48.3 Å². The van der Waals surface area contributed by atoms with Gasteiger partial charge in [-0.1, -0.05) is 12.1 Å². The van der Waals surface area contributed by atoms with Gasteiger partial charge in [-0.3, -0.25) is 4.79 Å². The number of nitrogens with two attached hydrogens (primary N) is 1. The van der Waals surface area contributed by atoms with Crippen molar-refractivity contribution < 1.29 is 18.7 Å². The fourth-order valence-electron chi connectivity index (χ4n) is 5.30. The Kier molecular flexibility index (Phi) is 7.43. The molecule has 1 aromatic rings. The first-order valence-electron chi connectivity index (χ1n) is 10.7. The van der Waals surface area contributed by atoms with Crippen molar-refractivity contribution >= 4 is 18.3 Å². The van der Waals surface area contributed by atoms with E-state index in [1.807, 2.05) is 12.1 Å². The van der Waals surface area contributed by atoms with Crippen molar-refractivity contribution in [2.45, 2.75) is 56.4 Å². The van der Waals surface area contributed by atoms with Crippen LogP contribution < -0.4 is 15.8 Å². The molecule has 0 spiro atoms. The van der Waals surface area contributed by atoms with E-state index in [4.69, 9.17) is 15.2 Å². The molecule has 166 valence electrons. The number of nitrogens with one attached hydrogen (secondary N) is 1. The highest BCUT2D eigenvalue weighted by Gasteiger charge is 2.58. The topological polar surface area (TPSA) is 73.6 Å². The Morgan fingerprint density at radius 1 is 1.20 bits per heavy atom. The zero-order valence-corrected chi connectivity index (χ0v) is 18.1. The van der Waals surface area contributed by atoms with Crippen molar-refractivity contribution in [1.82, 2.24) is 5.32 Å². The minimum atomic E-state index is -0.213. The van der Waals surface area contributed by atoms with E-state index >= 15 is 0 Å². The first-order valence-corrected chi connectivity index (χ1v) is 10.7. The summed E-state index contributed by atoms with van der Waals surface area (Å²) in [5.74, 6) is 0.952. The van der Waals surface area contributed by atoms with Crippen LogP contribution >= 0.6 is 12.4 Å². The number of rotatable bonds is 7. The van der Waals surface area contributed by atoms with Crippen LogP contribution in [0.15, 0.2) is 36.2 Å². The summed E-state index contributed by atoms with van der Waals surface area (Å²) in [6.07, 6.45) is 7.29. The second-order valence-electron chi connectivity index (χ2n) is 8.88. The Balaban J connectivity index is 0.00000256. The summed E-state index contributed by atoms with van der Waals surface area (Å²) < 4.78 is 23.6. The molecule has 0 atom stereocenters. The third-order valence-electron chi connectivity index (χ3n) is 7.19. The van der Waals surface area contributed by atoms with Crippen LogP contribution in [0.25, 0.3) is 0 Å². The van der Waals surface area contributed by atoms with E-state index in [0.717, 1.165) is 58.2 Å². The number of hydrogen-bond acceptors (Lipinski definition) is 4. The molecule has 1 aliphatic heterocycles. The number of hydrogen-bond donors (Lipinski definition) is 2. The van der Waals surface area contributed by atoms with Gasteiger partial charge in [0.1, 0.15) is 12.4 Å². The zero-order valence-electron chi connectivity index (χ0n) is 17.3. The Morgan fingerprint density at radius 2 is 1.87 bits per heavy atom. The lowest BCUT2D eigenvalue weighted by molar-refractivity contribution is -0.132. The number of halogens is 2. The maximum atomic E-state index is 13.1. The molecule has 0 aromatic heterocycles. The van der Waals surface area contributed by atoms with Crippen LogP contribution in [-0.2, 0) is 14.9 Å². The highest BCUT2D eigenvalue weighted by atomic mass is 35.5. The average Bonchev–Trinajstić information content (AvgIpc) is 3.35. The van der Waals surface area contributed by atoms with Crippen molar-refractivity contribution in [3.8, 4) is 5.75 Å². The number of carbonyl (C=O) groups excluding carboxylic acids is 1. The number of fused-ring (bicyclic) bond motifs is 2. The smallest absolute Gasteiger partial charge is 0.226 e. The Labute approximate surface area is 184 Å². The molecule has 2 aliphatic carbocycles. The van der Waals surface area contributed by atoms with Crippen LogP contribution in [0.3, 0.4) is 0 Å². The minimum Gasteiger partial charge on any atom is -0.489 e. The maximum Gasteiger partial charge on any atom is 0.226 e. The van der Waals surface area contributed by atoms with Gasteiger partial charge in [0.05, 0.1) is 11.7 Å². The highest BCUT2D eigenvalue weighted by molar-refractivity contribution is 5.85. The lowest BCUT2D eigenvalue weighted by Gasteiger charge is -2.30. The highest BCUT2D eigenvalue weighted by Crippen LogP contribution is 2.62. The fourth-order valence-corrected chi connectivity index (χ4v) is 5.30. The second kappa shape index (κ2) is 9.67. The average molecular weight is 439 g/mol. The molecule has 1 saturated heterocycles. The van der Waals surface area contributed by atoms with Crippen molar-refractivity contribution in [3.05, 3.63) is 41.7 Å². The molecule has 2 saturated carbocycles. The Hall–Kier alpha value is -1.63. The summed E-state index contributed by atoms with van der Waals surface area (Å²) in [6, 6.07) is 8.35. The molecular formula is C23H32ClFN2O3. The second-order valence-corrected chi connectivity index (χ2v) is 8.88. The minimum absolute atomic E-state index is 0. The molecule has 1 heterocycles. The number of benzene rings is 1. The van der Waals surface area contributed by atoms with Crippen LogP contribution in [-0.4, -0.2) is 38.3 Å². The lowest BCUT2D eigenvalue weighted by Crippen LogP contribution is -2.45. The summed E-state index contributed by atoms with van der Waals surface area (Å²) in [7, 11) is 0. The number of amides is 1. The predicted octanol–water partition coefficient (Wildman–Crippen LogP) is 3.80. The van der Waals surface area contributed by atoms with E-state index in [1.165, 1.54) is 5.56 Å². The van der Waals surface area contributed by atoms with Gasteiger partial charge < -0.3 is 20.5 Å². The van der Waals surface area contributed by atoms with Gasteiger partial charge in [-0.25, -0.2) is 4.39 Å². The molecule has 0 unspecified atom stereocenters. The quantitative estimate of drug-likeness (QED) is 0.679. The van der Waals surface area contributed by atoms with Crippen LogP contribution in [0.1, 0.15) is 50.5 Å². The molecule has 3 N–H and O–H groups in total. The van der Waals surface area contributed by atoms with Crippen LogP contribution in [0.2, 0.25) is 0 Å². The lowest BCUT2D eigenvalue weighted by atomic mass is 9.77. The van der Waals surface area contributed by atoms with E-state index in [1.54, 1.807) is 0 Å². The van der Waals surface area contributed by atoms with Gasteiger partial charge in [0.25, 0.3) is 0 Å². The maximum absolute atomic E-state index is 13.1. The Morgan fingerprint density at radius 3 is 2.47 bits per heavy atom. The third-order valence-corrected chi connectivity index (χ3v) is 7.19. The fraction of sp³-hybridized carbons (Fsp3) is 0.609. The Bertz CT molecular complexity index is 754. The standard InChI is InChI=1S/C23H31FN2O3.ClH/c24-13-17(14-25)15-29-20-3-1-18(2-4-20)22-7-9-23(16-22,10-8-22)21(27)26-19-5-11-28-12-6-19;/h1-4,13,19H,5-12,14-16,25H2,(H,26,27);1H. The molecule has 5 nitrogen and oxygen atoms in total. The normalized spacial score (nSPS) is 28.8. The molecular weight excluding hydrogens is 407 g/mol. The first kappa shape index (κ1) is 23.0. The summed E-state index contributed by atoms with van der Waals surface area (Å²) in [4.78, 5) is 13.1. The van der Waals surface area contributed by atoms with Crippen molar-refractivity contribution in [1.29, 1.82) is 0 Å². The molecule has 4 rings (SSSR count). The van der Waals surface area contributed by atoms with Gasteiger partial charge in [0, 0.05) is 31.4 Å². The van der Waals surface area contributed by atoms with Gasteiger partial charge >= 0.3 is 0 Å². The van der Waals surface area contributed by atoms with Crippen LogP contribution in [0.5, 0.6) is 5.75 Å². The number of ether oxygens (including phenoxy) is 2. The van der Waals surface area contributed by atoms with Crippen LogP contribution in [0, 0.1) is 5.41 Å². The van der Waals surface area contributed by atoms with Gasteiger partial charge in [-0.05, 0) is 68.1 Å². The SMILES string of the molecule is Cl.NCC(=CF)COc1ccc(C23CCC(C(=O)NC4CCOCC4)(CC2)C3)cc1. The van der Waals surface area contributed by atoms with Gasteiger partial charge in [-0.2, -0.15) is 0 Å². The summed E-state index contributed by atoms with van der Waals surface area (Å²) in [6.45, 7) is 1.79. The summed E-state index contributed by atoms with van der Waals surface area (Å²) >= 11 is 0. The molecule has 2 bridgehead atoms. The van der Waals surface area contributed by atoms with Crippen LogP contribution in [0.4, 0.5) is 4.39 Å². The van der Waals surface area contributed by atoms with E-state index in [9.17, 15) is 9.18 Å². The molecule has 0 radical (unpaired) electrons. The molecule has 3 fully saturated rings. The number of carbonyl (C=O) groups is 1. The molecule has 30 heavy (non-hydrogen) atoms. The van der Waals surface area contributed by atoms with E-state index < -0.39 is 0 Å². The van der Waals surface area contributed by atoms with Gasteiger partial charge in [0.2, 0.25) is 5.91 Å². The van der Waals surface area contributed by atoms with Gasteiger partial charge in [-0.15, -0.1) is 12.4 Å². The van der Waals surface area contributed by atoms with Gasteiger partial charge in [0.15, 0.2) is 0 Å². The van der Waals surface area contributed by atoms with E-state index in [2.05, 4.69) is 17.4 Å². The first-order chi connectivity index (χ1) is 14.1. The zero-order chi connectivity index (χ0) is 20.3. The van der Waals surface area contributed by atoms with Crippen molar-refractivity contribution in [2.24, 2.45) is 11.1 Å². The van der Waals surface area contributed by atoms with Crippen molar-refractivity contribution in [2.75, 3.05) is 26.4 Å².